The number of amides is 3. The molecular weight excluding hydrogens is 404 g/mol. The molecule has 32 heavy (non-hydrogen) atoms. The van der Waals surface area contributed by atoms with Gasteiger partial charge in [-0.15, -0.1) is 0 Å². The Morgan fingerprint density at radius 1 is 0.938 bits per heavy atom. The summed E-state index contributed by atoms with van der Waals surface area (Å²) in [6.45, 7) is 5.60. The van der Waals surface area contributed by atoms with Gasteiger partial charge in [0.2, 0.25) is 5.91 Å². The Labute approximate surface area is 189 Å². The molecule has 1 unspecified atom stereocenters. The maximum Gasteiger partial charge on any atom is 0.253 e. The molecule has 1 fully saturated rings. The maximum absolute atomic E-state index is 12.7. The van der Waals surface area contributed by atoms with Crippen molar-refractivity contribution in [2.45, 2.75) is 45.6 Å². The van der Waals surface area contributed by atoms with E-state index >= 15 is 0 Å². The highest BCUT2D eigenvalue weighted by Crippen LogP contribution is 2.17. The molecule has 1 atom stereocenters. The Hall–Kier alpha value is -3.35. The number of hydrogen-bond donors (Lipinski definition) is 3. The summed E-state index contributed by atoms with van der Waals surface area (Å²) in [6.07, 6.45) is 4.11. The van der Waals surface area contributed by atoms with E-state index in [-0.39, 0.29) is 30.3 Å². The first-order chi connectivity index (χ1) is 15.5. The van der Waals surface area contributed by atoms with Gasteiger partial charge in [-0.1, -0.05) is 19.1 Å². The van der Waals surface area contributed by atoms with Crippen molar-refractivity contribution >= 4 is 29.1 Å². The lowest BCUT2D eigenvalue weighted by Crippen LogP contribution is -2.35. The summed E-state index contributed by atoms with van der Waals surface area (Å²) in [5.74, 6) is -0.369. The molecular formula is C25H32N4O3. The van der Waals surface area contributed by atoms with Gasteiger partial charge in [0.1, 0.15) is 0 Å². The molecule has 3 amide bonds. The zero-order valence-corrected chi connectivity index (χ0v) is 18.8. The van der Waals surface area contributed by atoms with Crippen LogP contribution in [0.3, 0.4) is 0 Å². The Morgan fingerprint density at radius 3 is 2.31 bits per heavy atom. The Bertz CT molecular complexity index is 954. The van der Waals surface area contributed by atoms with E-state index in [4.69, 9.17) is 0 Å². The van der Waals surface area contributed by atoms with E-state index in [2.05, 4.69) is 16.0 Å². The van der Waals surface area contributed by atoms with E-state index < -0.39 is 0 Å². The van der Waals surface area contributed by atoms with Gasteiger partial charge in [0, 0.05) is 41.6 Å². The maximum atomic E-state index is 12.7. The van der Waals surface area contributed by atoms with Crippen molar-refractivity contribution < 1.29 is 14.4 Å². The lowest BCUT2D eigenvalue weighted by molar-refractivity contribution is -0.114. The molecule has 0 aromatic heterocycles. The summed E-state index contributed by atoms with van der Waals surface area (Å²) < 4.78 is 0. The van der Waals surface area contributed by atoms with E-state index in [9.17, 15) is 14.4 Å². The van der Waals surface area contributed by atoms with Crippen LogP contribution in [0.1, 0.15) is 60.2 Å². The van der Waals surface area contributed by atoms with E-state index in [1.165, 1.54) is 6.42 Å². The second-order valence-electron chi connectivity index (χ2n) is 8.20. The number of carbonyl (C=O) groups excluding carboxylic acids is 3. The number of nitrogens with zero attached hydrogens (tertiary/aromatic N) is 1. The fourth-order valence-electron chi connectivity index (χ4n) is 3.58. The number of anilines is 2. The topological polar surface area (TPSA) is 90.5 Å². The molecule has 1 saturated heterocycles. The SMILES string of the molecule is CCC(C)NC(=O)c1cccc(NC(=O)CNc2cccc(C(=O)N3CCCCC3)c2)c1. The fourth-order valence-corrected chi connectivity index (χ4v) is 3.58. The zero-order valence-electron chi connectivity index (χ0n) is 18.8. The highest BCUT2D eigenvalue weighted by molar-refractivity contribution is 5.98. The van der Waals surface area contributed by atoms with Crippen molar-refractivity contribution in [2.75, 3.05) is 30.3 Å². The molecule has 3 N–H and O–H groups in total. The van der Waals surface area contributed by atoms with Crippen LogP contribution in [0.2, 0.25) is 0 Å². The minimum Gasteiger partial charge on any atom is -0.376 e. The Morgan fingerprint density at radius 2 is 1.59 bits per heavy atom. The van der Waals surface area contributed by atoms with Gasteiger partial charge in [-0.05, 0) is 69.0 Å². The minimum atomic E-state index is -0.239. The van der Waals surface area contributed by atoms with Crippen molar-refractivity contribution in [1.29, 1.82) is 0 Å². The molecule has 0 spiro atoms. The van der Waals surface area contributed by atoms with Crippen LogP contribution >= 0.6 is 0 Å². The predicted molar refractivity (Wildman–Crippen MR) is 127 cm³/mol. The number of rotatable bonds is 8. The molecule has 0 saturated carbocycles. The average Bonchev–Trinajstić information content (AvgIpc) is 2.83. The smallest absolute Gasteiger partial charge is 0.253 e. The van der Waals surface area contributed by atoms with Crippen LogP contribution in [0.25, 0.3) is 0 Å². The highest BCUT2D eigenvalue weighted by Gasteiger charge is 2.18. The summed E-state index contributed by atoms with van der Waals surface area (Å²) in [6, 6.07) is 14.2. The molecule has 0 aliphatic carbocycles. The number of hydrogen-bond acceptors (Lipinski definition) is 4. The van der Waals surface area contributed by atoms with Crippen molar-refractivity contribution in [3.63, 3.8) is 0 Å². The van der Waals surface area contributed by atoms with E-state index in [1.54, 1.807) is 36.4 Å². The van der Waals surface area contributed by atoms with Crippen molar-refractivity contribution in [3.05, 3.63) is 59.7 Å². The lowest BCUT2D eigenvalue weighted by atomic mass is 10.1. The first-order valence-electron chi connectivity index (χ1n) is 11.3. The highest BCUT2D eigenvalue weighted by atomic mass is 16.2. The van der Waals surface area contributed by atoms with Gasteiger partial charge < -0.3 is 20.9 Å². The molecule has 7 nitrogen and oxygen atoms in total. The first-order valence-corrected chi connectivity index (χ1v) is 11.3. The van der Waals surface area contributed by atoms with Crippen LogP contribution in [0.4, 0.5) is 11.4 Å². The quantitative estimate of drug-likeness (QED) is 0.586. The van der Waals surface area contributed by atoms with Crippen LogP contribution < -0.4 is 16.0 Å². The van der Waals surface area contributed by atoms with Gasteiger partial charge in [0.05, 0.1) is 6.54 Å². The Kier molecular flexibility index (Phi) is 8.25. The van der Waals surface area contributed by atoms with E-state index in [1.807, 2.05) is 30.9 Å². The molecule has 2 aromatic carbocycles. The number of carbonyl (C=O) groups is 3. The van der Waals surface area contributed by atoms with E-state index in [0.29, 0.717) is 22.5 Å². The van der Waals surface area contributed by atoms with Gasteiger partial charge in [-0.2, -0.15) is 0 Å². The lowest BCUT2D eigenvalue weighted by Gasteiger charge is -2.26. The molecule has 1 aliphatic heterocycles. The monoisotopic (exact) mass is 436 g/mol. The van der Waals surface area contributed by atoms with Crippen LogP contribution in [0.5, 0.6) is 0 Å². The summed E-state index contributed by atoms with van der Waals surface area (Å²) in [7, 11) is 0. The number of likely N-dealkylation sites (tertiary alicyclic amines) is 1. The van der Waals surface area contributed by atoms with Crippen molar-refractivity contribution in [1.82, 2.24) is 10.2 Å². The molecule has 0 radical (unpaired) electrons. The van der Waals surface area contributed by atoms with Gasteiger partial charge in [-0.3, -0.25) is 14.4 Å². The van der Waals surface area contributed by atoms with Crippen molar-refractivity contribution in [2.24, 2.45) is 0 Å². The van der Waals surface area contributed by atoms with Gasteiger partial charge in [-0.25, -0.2) is 0 Å². The van der Waals surface area contributed by atoms with E-state index in [0.717, 1.165) is 32.4 Å². The summed E-state index contributed by atoms with van der Waals surface area (Å²) in [5, 5.41) is 8.80. The fraction of sp³-hybridized carbons (Fsp3) is 0.400. The summed E-state index contributed by atoms with van der Waals surface area (Å²) >= 11 is 0. The summed E-state index contributed by atoms with van der Waals surface area (Å²) in [5.41, 5.74) is 2.39. The average molecular weight is 437 g/mol. The molecule has 7 heteroatoms. The molecule has 3 rings (SSSR count). The first kappa shape index (κ1) is 23.3. The van der Waals surface area contributed by atoms with Crippen LogP contribution in [-0.2, 0) is 4.79 Å². The van der Waals surface area contributed by atoms with Crippen LogP contribution in [-0.4, -0.2) is 48.3 Å². The number of nitrogens with one attached hydrogen (secondary N) is 3. The molecule has 1 heterocycles. The molecule has 1 aliphatic rings. The van der Waals surface area contributed by atoms with Crippen LogP contribution in [0.15, 0.2) is 48.5 Å². The third-order valence-electron chi connectivity index (χ3n) is 5.60. The van der Waals surface area contributed by atoms with Gasteiger partial charge >= 0.3 is 0 Å². The summed E-state index contributed by atoms with van der Waals surface area (Å²) in [4.78, 5) is 39.3. The van der Waals surface area contributed by atoms with Crippen LogP contribution in [0, 0.1) is 0 Å². The number of benzene rings is 2. The number of piperidine rings is 1. The predicted octanol–water partition coefficient (Wildman–Crippen LogP) is 3.89. The zero-order chi connectivity index (χ0) is 22.9. The Balaban J connectivity index is 1.54. The third-order valence-corrected chi connectivity index (χ3v) is 5.60. The van der Waals surface area contributed by atoms with Crippen molar-refractivity contribution in [3.8, 4) is 0 Å². The second-order valence-corrected chi connectivity index (χ2v) is 8.20. The third kappa shape index (κ3) is 6.57. The normalized spacial score (nSPS) is 14.4. The molecule has 170 valence electrons. The minimum absolute atomic E-state index is 0.0327. The second kappa shape index (κ2) is 11.3. The van der Waals surface area contributed by atoms with Gasteiger partial charge in [0.15, 0.2) is 0 Å². The standard InChI is InChI=1S/C25H32N4O3/c1-3-18(2)27-24(31)19-9-7-12-22(15-19)28-23(30)17-26-21-11-8-10-20(16-21)25(32)29-13-5-4-6-14-29/h7-12,15-16,18,26H,3-6,13-14,17H2,1-2H3,(H,27,31)(H,28,30). The largest absolute Gasteiger partial charge is 0.376 e. The molecule has 0 bridgehead atoms. The molecule has 2 aromatic rings. The van der Waals surface area contributed by atoms with Gasteiger partial charge in [0.25, 0.3) is 11.8 Å².